The molecular weight excluding hydrogens is 198 g/mol. The Morgan fingerprint density at radius 3 is 2.73 bits per heavy atom. The molecule has 0 radical (unpaired) electrons. The fourth-order valence-electron chi connectivity index (χ4n) is 1.27. The molecule has 0 aromatic rings. The van der Waals surface area contributed by atoms with Gasteiger partial charge in [-0.25, -0.2) is 0 Å². The predicted molar refractivity (Wildman–Crippen MR) is 53.5 cm³/mol. The second kappa shape index (κ2) is 5.23. The van der Waals surface area contributed by atoms with E-state index in [1.165, 1.54) is 6.92 Å². The van der Waals surface area contributed by atoms with Gasteiger partial charge in [0.1, 0.15) is 6.04 Å². The molecule has 0 saturated carbocycles. The number of nitrogens with zero attached hydrogens (tertiary/aromatic N) is 1. The SMILES string of the molecule is CC(=O)[C@@H](C)OC(=O)[C@@H]1COCCN1C. The van der Waals surface area contributed by atoms with E-state index in [1.807, 2.05) is 11.9 Å². The lowest BCUT2D eigenvalue weighted by Gasteiger charge is -2.31. The Morgan fingerprint density at radius 1 is 1.53 bits per heavy atom. The monoisotopic (exact) mass is 215 g/mol. The van der Waals surface area contributed by atoms with Gasteiger partial charge in [0, 0.05) is 6.54 Å². The first kappa shape index (κ1) is 12.1. The van der Waals surface area contributed by atoms with Crippen LogP contribution in [0.1, 0.15) is 13.8 Å². The van der Waals surface area contributed by atoms with Crippen molar-refractivity contribution in [3.63, 3.8) is 0 Å². The zero-order valence-corrected chi connectivity index (χ0v) is 9.36. The van der Waals surface area contributed by atoms with Crippen molar-refractivity contribution < 1.29 is 19.1 Å². The summed E-state index contributed by atoms with van der Waals surface area (Å²) in [6, 6.07) is -0.388. The van der Waals surface area contributed by atoms with E-state index < -0.39 is 6.10 Å². The molecule has 1 aliphatic heterocycles. The van der Waals surface area contributed by atoms with Gasteiger partial charge in [-0.3, -0.25) is 14.5 Å². The lowest BCUT2D eigenvalue weighted by atomic mass is 10.2. The first-order valence-corrected chi connectivity index (χ1v) is 5.01. The minimum atomic E-state index is -0.673. The molecule has 1 heterocycles. The fourth-order valence-corrected chi connectivity index (χ4v) is 1.27. The van der Waals surface area contributed by atoms with Gasteiger partial charge in [0.2, 0.25) is 0 Å². The number of carbonyl (C=O) groups excluding carboxylic acids is 2. The molecule has 0 unspecified atom stereocenters. The molecule has 5 nitrogen and oxygen atoms in total. The highest BCUT2D eigenvalue weighted by Crippen LogP contribution is 2.07. The number of morpholine rings is 1. The van der Waals surface area contributed by atoms with Crippen LogP contribution in [0, 0.1) is 0 Å². The zero-order chi connectivity index (χ0) is 11.4. The number of ether oxygens (including phenoxy) is 2. The fraction of sp³-hybridized carbons (Fsp3) is 0.800. The number of hydrogen-bond donors (Lipinski definition) is 0. The quantitative estimate of drug-likeness (QED) is 0.612. The number of Topliss-reactive ketones (excluding diaryl/α,β-unsaturated/α-hetero) is 1. The summed E-state index contributed by atoms with van der Waals surface area (Å²) in [5.41, 5.74) is 0. The minimum absolute atomic E-state index is 0.150. The van der Waals surface area contributed by atoms with Crippen molar-refractivity contribution in [2.45, 2.75) is 26.0 Å². The molecule has 2 atom stereocenters. The Labute approximate surface area is 89.3 Å². The minimum Gasteiger partial charge on any atom is -0.453 e. The van der Waals surface area contributed by atoms with Gasteiger partial charge in [-0.15, -0.1) is 0 Å². The summed E-state index contributed by atoms with van der Waals surface area (Å²) in [7, 11) is 1.84. The molecule has 1 fully saturated rings. The predicted octanol–water partition coefficient (Wildman–Crippen LogP) is -0.162. The van der Waals surface area contributed by atoms with Crippen LogP contribution in [0.15, 0.2) is 0 Å². The van der Waals surface area contributed by atoms with E-state index in [4.69, 9.17) is 9.47 Å². The van der Waals surface area contributed by atoms with E-state index in [1.54, 1.807) is 6.92 Å². The summed E-state index contributed by atoms with van der Waals surface area (Å²) in [6.07, 6.45) is -0.673. The molecule has 86 valence electrons. The largest absolute Gasteiger partial charge is 0.453 e. The van der Waals surface area contributed by atoms with E-state index in [-0.39, 0.29) is 17.8 Å². The van der Waals surface area contributed by atoms with Crippen LogP contribution in [0.2, 0.25) is 0 Å². The Morgan fingerprint density at radius 2 is 2.20 bits per heavy atom. The van der Waals surface area contributed by atoms with E-state index >= 15 is 0 Å². The number of hydrogen-bond acceptors (Lipinski definition) is 5. The summed E-state index contributed by atoms with van der Waals surface area (Å²) in [4.78, 5) is 24.4. The molecule has 0 amide bonds. The summed E-state index contributed by atoms with van der Waals surface area (Å²) in [5.74, 6) is -0.539. The van der Waals surface area contributed by atoms with Crippen molar-refractivity contribution in [1.82, 2.24) is 4.90 Å². The standard InChI is InChI=1S/C10H17NO4/c1-7(12)8(2)15-10(13)9-6-14-5-4-11(9)3/h8-9H,4-6H2,1-3H3/t8-,9+/m1/s1. The highest BCUT2D eigenvalue weighted by molar-refractivity contribution is 5.84. The third-order valence-corrected chi connectivity index (χ3v) is 2.53. The van der Waals surface area contributed by atoms with E-state index in [0.29, 0.717) is 19.8 Å². The van der Waals surface area contributed by atoms with Crippen molar-refractivity contribution in [3.8, 4) is 0 Å². The molecule has 0 N–H and O–H groups in total. The summed E-state index contributed by atoms with van der Waals surface area (Å²) in [6.45, 7) is 4.64. The molecule has 15 heavy (non-hydrogen) atoms. The van der Waals surface area contributed by atoms with Gasteiger partial charge in [-0.1, -0.05) is 0 Å². The molecule has 1 saturated heterocycles. The Balaban J connectivity index is 2.48. The van der Waals surface area contributed by atoms with E-state index in [2.05, 4.69) is 0 Å². The smallest absolute Gasteiger partial charge is 0.326 e. The molecular formula is C10H17NO4. The number of rotatable bonds is 3. The number of esters is 1. The normalized spacial score (nSPS) is 24.6. The average Bonchev–Trinajstić information content (AvgIpc) is 2.18. The first-order valence-electron chi connectivity index (χ1n) is 5.01. The Hall–Kier alpha value is -0.940. The highest BCUT2D eigenvalue weighted by Gasteiger charge is 2.29. The maximum absolute atomic E-state index is 11.6. The van der Waals surface area contributed by atoms with Crippen LogP contribution in [0.5, 0.6) is 0 Å². The second-order valence-electron chi connectivity index (χ2n) is 3.76. The van der Waals surface area contributed by atoms with Gasteiger partial charge in [-0.05, 0) is 20.9 Å². The molecule has 1 aliphatic rings. The summed E-state index contributed by atoms with van der Waals surface area (Å²) in [5, 5.41) is 0. The Kier molecular flexibility index (Phi) is 4.23. The third-order valence-electron chi connectivity index (χ3n) is 2.53. The molecule has 0 aliphatic carbocycles. The van der Waals surface area contributed by atoms with Crippen molar-refractivity contribution in [2.75, 3.05) is 26.8 Å². The summed E-state index contributed by atoms with van der Waals surface area (Å²) < 4.78 is 10.2. The molecule has 5 heteroatoms. The molecule has 1 rings (SSSR count). The number of likely N-dealkylation sites (N-methyl/N-ethyl adjacent to an activating group) is 1. The van der Waals surface area contributed by atoms with E-state index in [9.17, 15) is 9.59 Å². The van der Waals surface area contributed by atoms with Gasteiger partial charge < -0.3 is 9.47 Å². The van der Waals surface area contributed by atoms with Gasteiger partial charge in [0.25, 0.3) is 0 Å². The van der Waals surface area contributed by atoms with Crippen LogP contribution < -0.4 is 0 Å². The van der Waals surface area contributed by atoms with Gasteiger partial charge >= 0.3 is 5.97 Å². The third kappa shape index (κ3) is 3.28. The topological polar surface area (TPSA) is 55.8 Å². The van der Waals surface area contributed by atoms with Crippen LogP contribution in [0.3, 0.4) is 0 Å². The Bertz CT molecular complexity index is 254. The van der Waals surface area contributed by atoms with Crippen LogP contribution in [-0.2, 0) is 19.1 Å². The van der Waals surface area contributed by atoms with Crippen LogP contribution in [-0.4, -0.2) is 55.6 Å². The highest BCUT2D eigenvalue weighted by atomic mass is 16.6. The average molecular weight is 215 g/mol. The van der Waals surface area contributed by atoms with Crippen LogP contribution in [0.4, 0.5) is 0 Å². The molecule has 0 aromatic carbocycles. The van der Waals surface area contributed by atoms with Gasteiger partial charge in [0.05, 0.1) is 13.2 Å². The van der Waals surface area contributed by atoms with Crippen LogP contribution in [0.25, 0.3) is 0 Å². The van der Waals surface area contributed by atoms with Crippen LogP contribution >= 0.6 is 0 Å². The molecule has 0 aromatic heterocycles. The van der Waals surface area contributed by atoms with Gasteiger partial charge in [0.15, 0.2) is 11.9 Å². The lowest BCUT2D eigenvalue weighted by Crippen LogP contribution is -2.49. The molecule has 0 bridgehead atoms. The maximum atomic E-state index is 11.6. The molecule has 0 spiro atoms. The first-order chi connectivity index (χ1) is 7.02. The zero-order valence-electron chi connectivity index (χ0n) is 9.36. The van der Waals surface area contributed by atoms with E-state index in [0.717, 1.165) is 0 Å². The number of ketones is 1. The maximum Gasteiger partial charge on any atom is 0.326 e. The second-order valence-corrected chi connectivity index (χ2v) is 3.76. The van der Waals surface area contributed by atoms with Crippen molar-refractivity contribution >= 4 is 11.8 Å². The van der Waals surface area contributed by atoms with Gasteiger partial charge in [-0.2, -0.15) is 0 Å². The van der Waals surface area contributed by atoms with Crippen molar-refractivity contribution in [3.05, 3.63) is 0 Å². The van der Waals surface area contributed by atoms with Crippen molar-refractivity contribution in [1.29, 1.82) is 0 Å². The lowest BCUT2D eigenvalue weighted by molar-refractivity contribution is -0.163. The summed E-state index contributed by atoms with van der Waals surface area (Å²) >= 11 is 0. The van der Waals surface area contributed by atoms with Crippen molar-refractivity contribution in [2.24, 2.45) is 0 Å². The number of carbonyl (C=O) groups is 2.